The van der Waals surface area contributed by atoms with Crippen molar-refractivity contribution >= 4 is 5.65 Å². The highest BCUT2D eigenvalue weighted by Gasteiger charge is 2.47. The summed E-state index contributed by atoms with van der Waals surface area (Å²) in [6.07, 6.45) is 4.30. The van der Waals surface area contributed by atoms with Crippen LogP contribution in [0, 0.1) is 27.7 Å². The Kier molecular flexibility index (Phi) is 8.33. The SMILES string of the molecule is Cc1nn(-c2cc(C(C)(C)C)cc(C3(c4cc(-c5cc(C(C)(C)C)ccn5)c5nc(C)c(C)n5c4)c4ccccc4-c4ccccc43)c2)c(C)c1-c1ccccc1. The van der Waals surface area contributed by atoms with Crippen molar-refractivity contribution in [2.24, 2.45) is 0 Å². The number of fused-ring (bicyclic) bond motifs is 4. The van der Waals surface area contributed by atoms with Gasteiger partial charge in [-0.2, -0.15) is 5.10 Å². The number of aryl methyl sites for hydroxylation is 3. The van der Waals surface area contributed by atoms with Gasteiger partial charge in [0, 0.05) is 34.9 Å². The lowest BCUT2D eigenvalue weighted by Gasteiger charge is -2.36. The van der Waals surface area contributed by atoms with Crippen LogP contribution in [0.1, 0.15) is 97.7 Å². The number of benzene rings is 4. The van der Waals surface area contributed by atoms with Crippen LogP contribution < -0.4 is 0 Å². The molecule has 0 spiro atoms. The summed E-state index contributed by atoms with van der Waals surface area (Å²) in [5, 5.41) is 5.26. The van der Waals surface area contributed by atoms with Gasteiger partial charge in [-0.3, -0.25) is 4.98 Å². The number of rotatable bonds is 5. The molecule has 5 nitrogen and oxygen atoms in total. The van der Waals surface area contributed by atoms with Gasteiger partial charge in [0.25, 0.3) is 0 Å². The summed E-state index contributed by atoms with van der Waals surface area (Å²) in [5.41, 5.74) is 19.6. The molecule has 8 aromatic rings. The highest BCUT2D eigenvalue weighted by atomic mass is 15.3. The van der Waals surface area contributed by atoms with Crippen LogP contribution in [0.3, 0.4) is 0 Å². The Labute approximate surface area is 337 Å². The third-order valence-electron chi connectivity index (χ3n) is 12.3. The molecule has 0 saturated heterocycles. The van der Waals surface area contributed by atoms with E-state index in [1.54, 1.807) is 0 Å². The maximum atomic E-state index is 5.26. The fourth-order valence-electron chi connectivity index (χ4n) is 9.13. The lowest BCUT2D eigenvalue weighted by atomic mass is 9.66. The summed E-state index contributed by atoms with van der Waals surface area (Å²) >= 11 is 0. The van der Waals surface area contributed by atoms with E-state index >= 15 is 0 Å². The molecule has 4 heterocycles. The van der Waals surface area contributed by atoms with Gasteiger partial charge in [0.1, 0.15) is 5.65 Å². The van der Waals surface area contributed by atoms with Crippen molar-refractivity contribution in [3.8, 4) is 39.2 Å². The molecule has 0 fully saturated rings. The average Bonchev–Trinajstić information content (AvgIpc) is 3.79. The molecule has 0 aliphatic heterocycles. The molecular formula is C52H51N5. The first-order valence-electron chi connectivity index (χ1n) is 20.1. The van der Waals surface area contributed by atoms with Gasteiger partial charge >= 0.3 is 0 Å². The van der Waals surface area contributed by atoms with E-state index < -0.39 is 5.41 Å². The molecule has 284 valence electrons. The molecule has 0 saturated carbocycles. The lowest BCUT2D eigenvalue weighted by Crippen LogP contribution is -2.30. The largest absolute Gasteiger partial charge is 0.303 e. The predicted molar refractivity (Wildman–Crippen MR) is 235 cm³/mol. The van der Waals surface area contributed by atoms with Crippen molar-refractivity contribution < 1.29 is 0 Å². The predicted octanol–water partition coefficient (Wildman–Crippen LogP) is 12.4. The molecule has 4 aromatic carbocycles. The summed E-state index contributed by atoms with van der Waals surface area (Å²) in [4.78, 5) is 10.2. The van der Waals surface area contributed by atoms with Crippen molar-refractivity contribution in [3.05, 3.63) is 184 Å². The molecule has 0 N–H and O–H groups in total. The summed E-state index contributed by atoms with van der Waals surface area (Å²) in [6, 6.07) is 42.6. The first-order valence-corrected chi connectivity index (χ1v) is 20.1. The Hall–Kier alpha value is -6.07. The van der Waals surface area contributed by atoms with Crippen LogP contribution >= 0.6 is 0 Å². The molecule has 0 atom stereocenters. The van der Waals surface area contributed by atoms with Crippen molar-refractivity contribution in [2.45, 2.75) is 85.5 Å². The number of nitrogens with zero attached hydrogens (tertiary/aromatic N) is 5. The fraction of sp³-hybridized carbons (Fsp3) is 0.250. The van der Waals surface area contributed by atoms with E-state index in [1.807, 2.05) is 6.20 Å². The molecule has 0 unspecified atom stereocenters. The highest BCUT2D eigenvalue weighted by molar-refractivity contribution is 5.88. The number of hydrogen-bond donors (Lipinski definition) is 0. The second kappa shape index (κ2) is 13.0. The minimum absolute atomic E-state index is 0.0371. The Morgan fingerprint density at radius 1 is 0.561 bits per heavy atom. The highest BCUT2D eigenvalue weighted by Crippen LogP contribution is 2.57. The van der Waals surface area contributed by atoms with Crippen molar-refractivity contribution in [1.82, 2.24) is 24.1 Å². The standard InChI is InChI=1S/C52H51N5/c1-32-34(3)56-31-40(29-44(49(56)54-32)47-30-37(24-25-53-47)50(5,6)7)52(45-22-16-14-20-42(45)43-21-15-17-23-46(43)52)39-26-38(51(8,9)10)27-41(28-39)57-35(4)48(33(2)55-57)36-18-12-11-13-19-36/h11-31H,1-10H3. The summed E-state index contributed by atoms with van der Waals surface area (Å²) in [5.74, 6) is 0. The van der Waals surface area contributed by atoms with Crippen LogP contribution in [0.4, 0.5) is 0 Å². The van der Waals surface area contributed by atoms with Gasteiger partial charge in [-0.15, -0.1) is 0 Å². The first kappa shape index (κ1) is 36.6. The van der Waals surface area contributed by atoms with Gasteiger partial charge in [-0.25, -0.2) is 9.67 Å². The fourth-order valence-corrected chi connectivity index (χ4v) is 9.13. The molecule has 1 aliphatic carbocycles. The smallest absolute Gasteiger partial charge is 0.146 e. The van der Waals surface area contributed by atoms with Gasteiger partial charge in [0.15, 0.2) is 0 Å². The van der Waals surface area contributed by atoms with E-state index in [9.17, 15) is 0 Å². The van der Waals surface area contributed by atoms with Gasteiger partial charge in [-0.1, -0.05) is 126 Å². The zero-order chi connectivity index (χ0) is 40.0. The van der Waals surface area contributed by atoms with Gasteiger partial charge < -0.3 is 4.40 Å². The Balaban J connectivity index is 1.42. The summed E-state index contributed by atoms with van der Waals surface area (Å²) in [7, 11) is 0. The molecule has 0 amide bonds. The maximum absolute atomic E-state index is 5.26. The molecule has 1 aliphatic rings. The van der Waals surface area contributed by atoms with Crippen molar-refractivity contribution in [1.29, 1.82) is 0 Å². The van der Waals surface area contributed by atoms with Crippen LogP contribution in [0.15, 0.2) is 128 Å². The van der Waals surface area contributed by atoms with E-state index in [0.29, 0.717) is 0 Å². The third-order valence-corrected chi connectivity index (χ3v) is 12.3. The van der Waals surface area contributed by atoms with Crippen LogP contribution in [0.2, 0.25) is 0 Å². The number of imidazole rings is 1. The maximum Gasteiger partial charge on any atom is 0.146 e. The second-order valence-corrected chi connectivity index (χ2v) is 18.0. The average molecular weight is 746 g/mol. The zero-order valence-corrected chi connectivity index (χ0v) is 34.9. The minimum atomic E-state index is -0.684. The molecule has 0 bridgehead atoms. The van der Waals surface area contributed by atoms with Gasteiger partial charge in [0.2, 0.25) is 0 Å². The molecule has 5 heteroatoms. The Morgan fingerprint density at radius 2 is 1.19 bits per heavy atom. The number of hydrogen-bond acceptors (Lipinski definition) is 3. The second-order valence-electron chi connectivity index (χ2n) is 18.0. The third kappa shape index (κ3) is 5.69. The summed E-state index contributed by atoms with van der Waals surface area (Å²) < 4.78 is 4.47. The summed E-state index contributed by atoms with van der Waals surface area (Å²) in [6.45, 7) is 22.3. The van der Waals surface area contributed by atoms with E-state index in [-0.39, 0.29) is 10.8 Å². The minimum Gasteiger partial charge on any atom is -0.303 e. The Bertz CT molecular complexity index is 2810. The van der Waals surface area contributed by atoms with Crippen molar-refractivity contribution in [2.75, 3.05) is 0 Å². The van der Waals surface area contributed by atoms with E-state index in [0.717, 1.165) is 45.4 Å². The van der Waals surface area contributed by atoms with Crippen LogP contribution in [0.5, 0.6) is 0 Å². The van der Waals surface area contributed by atoms with E-state index in [2.05, 4.69) is 200 Å². The molecule has 0 radical (unpaired) electrons. The monoisotopic (exact) mass is 745 g/mol. The van der Waals surface area contributed by atoms with Crippen LogP contribution in [-0.4, -0.2) is 24.1 Å². The molecular weight excluding hydrogens is 695 g/mol. The molecule has 57 heavy (non-hydrogen) atoms. The van der Waals surface area contributed by atoms with Crippen LogP contribution in [0.25, 0.3) is 44.8 Å². The first-order chi connectivity index (χ1) is 27.2. The lowest BCUT2D eigenvalue weighted by molar-refractivity contribution is 0.586. The van der Waals surface area contributed by atoms with Gasteiger partial charge in [-0.05, 0) is 119 Å². The van der Waals surface area contributed by atoms with E-state index in [1.165, 1.54) is 55.6 Å². The normalized spacial score (nSPS) is 13.6. The quantitative estimate of drug-likeness (QED) is 0.176. The topological polar surface area (TPSA) is 48.0 Å². The van der Waals surface area contributed by atoms with E-state index in [4.69, 9.17) is 15.1 Å². The zero-order valence-electron chi connectivity index (χ0n) is 34.9. The van der Waals surface area contributed by atoms with Crippen molar-refractivity contribution in [3.63, 3.8) is 0 Å². The molecule has 9 rings (SSSR count). The number of aromatic nitrogens is 5. The number of pyridine rings is 2. The van der Waals surface area contributed by atoms with Gasteiger partial charge in [0.05, 0.1) is 28.2 Å². The molecule has 4 aromatic heterocycles. The Morgan fingerprint density at radius 3 is 1.84 bits per heavy atom. The van der Waals surface area contributed by atoms with Crippen LogP contribution in [-0.2, 0) is 16.2 Å².